The Morgan fingerprint density at radius 3 is 2.50 bits per heavy atom. The summed E-state index contributed by atoms with van der Waals surface area (Å²) in [7, 11) is 3.99. The summed E-state index contributed by atoms with van der Waals surface area (Å²) in [5.74, 6) is 0.291. The van der Waals surface area contributed by atoms with Crippen LogP contribution in [0.1, 0.15) is 18.9 Å². The van der Waals surface area contributed by atoms with Crippen LogP contribution in [0.15, 0.2) is 24.3 Å². The molecule has 1 rings (SSSR count). The van der Waals surface area contributed by atoms with E-state index in [2.05, 4.69) is 0 Å². The lowest BCUT2D eigenvalue weighted by atomic mass is 10.1. The molecule has 2 nitrogen and oxygen atoms in total. The van der Waals surface area contributed by atoms with Crippen LogP contribution in [-0.4, -0.2) is 19.9 Å². The first kappa shape index (κ1) is 10.8. The highest BCUT2D eigenvalue weighted by Crippen LogP contribution is 2.18. The minimum atomic E-state index is 0.291. The second-order valence-electron chi connectivity index (χ2n) is 3.59. The van der Waals surface area contributed by atoms with Crippen LogP contribution >= 0.6 is 0 Å². The molecule has 0 aliphatic heterocycles. The molecule has 0 amide bonds. The van der Waals surface area contributed by atoms with Gasteiger partial charge >= 0.3 is 0 Å². The third-order valence-electron chi connectivity index (χ3n) is 2.26. The average molecular weight is 191 g/mol. The van der Waals surface area contributed by atoms with Crippen LogP contribution in [0, 0.1) is 0 Å². The van der Waals surface area contributed by atoms with E-state index in [9.17, 15) is 4.79 Å². The number of anilines is 1. The highest BCUT2D eigenvalue weighted by atomic mass is 16.1. The van der Waals surface area contributed by atoms with Gasteiger partial charge in [0.15, 0.2) is 0 Å². The van der Waals surface area contributed by atoms with Gasteiger partial charge < -0.3 is 4.90 Å². The molecule has 76 valence electrons. The van der Waals surface area contributed by atoms with Gasteiger partial charge in [-0.15, -0.1) is 0 Å². The molecule has 0 atom stereocenters. The van der Waals surface area contributed by atoms with E-state index in [-0.39, 0.29) is 0 Å². The van der Waals surface area contributed by atoms with Crippen LogP contribution in [0.4, 0.5) is 5.69 Å². The van der Waals surface area contributed by atoms with Crippen molar-refractivity contribution in [2.24, 2.45) is 0 Å². The highest BCUT2D eigenvalue weighted by molar-refractivity contribution is 5.82. The first-order valence-electron chi connectivity index (χ1n) is 4.92. The van der Waals surface area contributed by atoms with Crippen molar-refractivity contribution in [2.75, 3.05) is 19.0 Å². The van der Waals surface area contributed by atoms with Gasteiger partial charge in [0.1, 0.15) is 5.78 Å². The predicted octanol–water partition coefficient (Wildman–Crippen LogP) is 2.27. The van der Waals surface area contributed by atoms with E-state index in [1.807, 2.05) is 50.2 Å². The summed E-state index contributed by atoms with van der Waals surface area (Å²) in [6.45, 7) is 1.90. The zero-order valence-corrected chi connectivity index (χ0v) is 9.08. The van der Waals surface area contributed by atoms with Gasteiger partial charge in [-0.1, -0.05) is 25.1 Å². The number of hydrogen-bond donors (Lipinski definition) is 0. The fraction of sp³-hybridized carbons (Fsp3) is 0.417. The van der Waals surface area contributed by atoms with Crippen molar-refractivity contribution in [1.29, 1.82) is 0 Å². The molecule has 0 saturated carbocycles. The zero-order valence-electron chi connectivity index (χ0n) is 9.08. The maximum atomic E-state index is 11.3. The zero-order chi connectivity index (χ0) is 10.6. The minimum absolute atomic E-state index is 0.291. The van der Waals surface area contributed by atoms with Gasteiger partial charge in [-0.3, -0.25) is 4.79 Å². The second-order valence-corrected chi connectivity index (χ2v) is 3.59. The van der Waals surface area contributed by atoms with E-state index < -0.39 is 0 Å². The number of carbonyl (C=O) groups is 1. The summed E-state index contributed by atoms with van der Waals surface area (Å²) < 4.78 is 0. The first-order valence-corrected chi connectivity index (χ1v) is 4.92. The summed E-state index contributed by atoms with van der Waals surface area (Å²) in [5, 5.41) is 0. The van der Waals surface area contributed by atoms with Gasteiger partial charge in [-0.25, -0.2) is 0 Å². The van der Waals surface area contributed by atoms with E-state index in [0.717, 1.165) is 11.3 Å². The molecule has 0 spiro atoms. The van der Waals surface area contributed by atoms with Crippen LogP contribution < -0.4 is 4.90 Å². The Kier molecular flexibility index (Phi) is 3.69. The van der Waals surface area contributed by atoms with E-state index in [1.54, 1.807) is 0 Å². The summed E-state index contributed by atoms with van der Waals surface area (Å²) in [6.07, 6.45) is 1.16. The Morgan fingerprint density at radius 2 is 1.93 bits per heavy atom. The highest BCUT2D eigenvalue weighted by Gasteiger charge is 2.06. The molecule has 1 aromatic carbocycles. The Bertz CT molecular complexity index is 318. The smallest absolute Gasteiger partial charge is 0.137 e. The Morgan fingerprint density at radius 1 is 1.29 bits per heavy atom. The van der Waals surface area contributed by atoms with Crippen LogP contribution in [0.2, 0.25) is 0 Å². The molecule has 0 fully saturated rings. The fourth-order valence-electron chi connectivity index (χ4n) is 1.43. The van der Waals surface area contributed by atoms with E-state index in [0.29, 0.717) is 18.6 Å². The van der Waals surface area contributed by atoms with E-state index >= 15 is 0 Å². The van der Waals surface area contributed by atoms with Crippen molar-refractivity contribution in [1.82, 2.24) is 0 Å². The number of ketones is 1. The normalized spacial score (nSPS) is 9.93. The minimum Gasteiger partial charge on any atom is -0.377 e. The van der Waals surface area contributed by atoms with Gasteiger partial charge in [-0.05, 0) is 11.6 Å². The molecular weight excluding hydrogens is 174 g/mol. The van der Waals surface area contributed by atoms with Crippen molar-refractivity contribution in [3.8, 4) is 0 Å². The average Bonchev–Trinajstić information content (AvgIpc) is 2.18. The molecular formula is C12H17NO. The maximum Gasteiger partial charge on any atom is 0.137 e. The molecule has 2 heteroatoms. The van der Waals surface area contributed by atoms with Crippen molar-refractivity contribution in [2.45, 2.75) is 19.8 Å². The SMILES string of the molecule is CCC(=O)Cc1ccccc1N(C)C. The Hall–Kier alpha value is -1.31. The third kappa shape index (κ3) is 2.59. The molecule has 14 heavy (non-hydrogen) atoms. The number of benzene rings is 1. The van der Waals surface area contributed by atoms with Crippen molar-refractivity contribution in [3.63, 3.8) is 0 Å². The number of hydrogen-bond acceptors (Lipinski definition) is 2. The number of para-hydroxylation sites is 1. The molecule has 0 aliphatic rings. The monoisotopic (exact) mass is 191 g/mol. The van der Waals surface area contributed by atoms with Crippen molar-refractivity contribution >= 4 is 11.5 Å². The van der Waals surface area contributed by atoms with E-state index in [1.165, 1.54) is 0 Å². The Labute approximate surface area is 85.5 Å². The molecule has 0 saturated heterocycles. The summed E-state index contributed by atoms with van der Waals surface area (Å²) in [5.41, 5.74) is 2.25. The predicted molar refractivity (Wildman–Crippen MR) is 59.8 cm³/mol. The molecule has 0 unspecified atom stereocenters. The van der Waals surface area contributed by atoms with Crippen LogP contribution in [-0.2, 0) is 11.2 Å². The molecule has 0 bridgehead atoms. The lowest BCUT2D eigenvalue weighted by molar-refractivity contribution is -0.118. The molecule has 0 radical (unpaired) electrons. The van der Waals surface area contributed by atoms with Gasteiger partial charge in [0.25, 0.3) is 0 Å². The summed E-state index contributed by atoms with van der Waals surface area (Å²) >= 11 is 0. The number of Topliss-reactive ketones (excluding diaryl/α,β-unsaturated/α-hetero) is 1. The number of rotatable bonds is 4. The van der Waals surface area contributed by atoms with Crippen LogP contribution in [0.3, 0.4) is 0 Å². The third-order valence-corrected chi connectivity index (χ3v) is 2.26. The van der Waals surface area contributed by atoms with Crippen molar-refractivity contribution < 1.29 is 4.79 Å². The second kappa shape index (κ2) is 4.80. The summed E-state index contributed by atoms with van der Waals surface area (Å²) in [4.78, 5) is 13.4. The van der Waals surface area contributed by atoms with Gasteiger partial charge in [0, 0.05) is 32.6 Å². The molecule has 0 N–H and O–H groups in total. The van der Waals surface area contributed by atoms with E-state index in [4.69, 9.17) is 0 Å². The fourth-order valence-corrected chi connectivity index (χ4v) is 1.43. The molecule has 1 aromatic rings. The maximum absolute atomic E-state index is 11.3. The van der Waals surface area contributed by atoms with Crippen molar-refractivity contribution in [3.05, 3.63) is 29.8 Å². The Balaban J connectivity index is 2.90. The molecule has 0 aromatic heterocycles. The van der Waals surface area contributed by atoms with Gasteiger partial charge in [-0.2, -0.15) is 0 Å². The quantitative estimate of drug-likeness (QED) is 0.727. The first-order chi connectivity index (χ1) is 6.65. The topological polar surface area (TPSA) is 20.3 Å². The standard InChI is InChI=1S/C12H17NO/c1-4-11(14)9-10-7-5-6-8-12(10)13(2)3/h5-8H,4,9H2,1-3H3. The largest absolute Gasteiger partial charge is 0.377 e. The lowest BCUT2D eigenvalue weighted by Crippen LogP contribution is -2.13. The number of carbonyl (C=O) groups excluding carboxylic acids is 1. The molecule has 0 aliphatic carbocycles. The van der Waals surface area contributed by atoms with Crippen LogP contribution in [0.5, 0.6) is 0 Å². The van der Waals surface area contributed by atoms with Gasteiger partial charge in [0.05, 0.1) is 0 Å². The van der Waals surface area contributed by atoms with Crippen LogP contribution in [0.25, 0.3) is 0 Å². The summed E-state index contributed by atoms with van der Waals surface area (Å²) in [6, 6.07) is 8.03. The molecule has 0 heterocycles. The van der Waals surface area contributed by atoms with Gasteiger partial charge in [0.2, 0.25) is 0 Å². The number of nitrogens with zero attached hydrogens (tertiary/aromatic N) is 1. The lowest BCUT2D eigenvalue weighted by Gasteiger charge is -2.16.